The molecule has 108 valence electrons. The van der Waals surface area contributed by atoms with Gasteiger partial charge in [0.25, 0.3) is 5.91 Å². The molecule has 1 aromatic carbocycles. The van der Waals surface area contributed by atoms with Crippen molar-refractivity contribution in [1.29, 1.82) is 0 Å². The summed E-state index contributed by atoms with van der Waals surface area (Å²) in [7, 11) is 0. The fourth-order valence-electron chi connectivity index (χ4n) is 1.70. The highest BCUT2D eigenvalue weighted by molar-refractivity contribution is 5.92. The molecule has 0 saturated heterocycles. The average molecular weight is 279 g/mol. The van der Waals surface area contributed by atoms with E-state index in [9.17, 15) is 9.59 Å². The first-order valence-corrected chi connectivity index (χ1v) is 6.54. The summed E-state index contributed by atoms with van der Waals surface area (Å²) in [5.74, 6) is 0.251. The first-order chi connectivity index (χ1) is 9.70. The summed E-state index contributed by atoms with van der Waals surface area (Å²) >= 11 is 0. The van der Waals surface area contributed by atoms with Gasteiger partial charge < -0.3 is 19.5 Å². The van der Waals surface area contributed by atoms with Crippen LogP contribution < -0.4 is 14.8 Å². The number of hydrogen-bond acceptors (Lipinski definition) is 5. The van der Waals surface area contributed by atoms with Crippen LogP contribution in [0.4, 0.5) is 0 Å². The van der Waals surface area contributed by atoms with Crippen LogP contribution >= 0.6 is 0 Å². The van der Waals surface area contributed by atoms with Crippen LogP contribution in [-0.4, -0.2) is 38.2 Å². The van der Waals surface area contributed by atoms with Gasteiger partial charge in [0.05, 0.1) is 5.56 Å². The molecule has 0 aromatic heterocycles. The molecular weight excluding hydrogens is 262 g/mol. The number of amides is 1. The maximum Gasteiger partial charge on any atom is 0.338 e. The Hall–Kier alpha value is -2.24. The van der Waals surface area contributed by atoms with E-state index < -0.39 is 5.97 Å². The molecule has 0 unspecified atom stereocenters. The van der Waals surface area contributed by atoms with Crippen molar-refractivity contribution in [1.82, 2.24) is 5.32 Å². The molecule has 0 spiro atoms. The summed E-state index contributed by atoms with van der Waals surface area (Å²) in [4.78, 5) is 23.1. The highest BCUT2D eigenvalue weighted by Gasteiger charge is 2.16. The van der Waals surface area contributed by atoms with Crippen molar-refractivity contribution in [2.45, 2.75) is 13.3 Å². The van der Waals surface area contributed by atoms with Crippen LogP contribution in [0.25, 0.3) is 0 Å². The van der Waals surface area contributed by atoms with Gasteiger partial charge in [-0.15, -0.1) is 0 Å². The second-order valence-electron chi connectivity index (χ2n) is 4.28. The zero-order valence-corrected chi connectivity index (χ0v) is 11.3. The predicted molar refractivity (Wildman–Crippen MR) is 71.0 cm³/mol. The Balaban J connectivity index is 1.91. The van der Waals surface area contributed by atoms with Crippen LogP contribution in [0.1, 0.15) is 23.7 Å². The number of benzene rings is 1. The summed E-state index contributed by atoms with van der Waals surface area (Å²) in [5, 5.41) is 2.63. The minimum absolute atomic E-state index is 0.284. The van der Waals surface area contributed by atoms with E-state index in [2.05, 4.69) is 5.32 Å². The van der Waals surface area contributed by atoms with Crippen molar-refractivity contribution in [2.24, 2.45) is 0 Å². The van der Waals surface area contributed by atoms with E-state index in [-0.39, 0.29) is 12.5 Å². The van der Waals surface area contributed by atoms with Crippen LogP contribution in [0.2, 0.25) is 0 Å². The Morgan fingerprint density at radius 2 is 2.00 bits per heavy atom. The number of ether oxygens (including phenoxy) is 3. The standard InChI is InChI=1S/C14H17NO5/c1-2-5-15-13(16)9-20-14(17)10-3-4-11-12(8-10)19-7-6-18-11/h3-4,8H,2,5-7,9H2,1H3,(H,15,16). The van der Waals surface area contributed by atoms with Gasteiger partial charge >= 0.3 is 5.97 Å². The molecule has 20 heavy (non-hydrogen) atoms. The minimum Gasteiger partial charge on any atom is -0.486 e. The van der Waals surface area contributed by atoms with Gasteiger partial charge in [0, 0.05) is 6.54 Å². The Morgan fingerprint density at radius 1 is 1.25 bits per heavy atom. The molecule has 1 N–H and O–H groups in total. The molecule has 0 saturated carbocycles. The molecule has 1 aliphatic heterocycles. The van der Waals surface area contributed by atoms with Crippen LogP contribution in [-0.2, 0) is 9.53 Å². The van der Waals surface area contributed by atoms with E-state index in [1.165, 1.54) is 0 Å². The number of hydrogen-bond donors (Lipinski definition) is 1. The highest BCUT2D eigenvalue weighted by atomic mass is 16.6. The van der Waals surface area contributed by atoms with Crippen molar-refractivity contribution in [2.75, 3.05) is 26.4 Å². The second kappa shape index (κ2) is 6.79. The lowest BCUT2D eigenvalue weighted by Crippen LogP contribution is -2.29. The zero-order chi connectivity index (χ0) is 14.4. The first-order valence-electron chi connectivity index (χ1n) is 6.54. The van der Waals surface area contributed by atoms with Crippen LogP contribution in [0.3, 0.4) is 0 Å². The maximum absolute atomic E-state index is 11.8. The molecule has 0 bridgehead atoms. The van der Waals surface area contributed by atoms with Gasteiger partial charge in [0.1, 0.15) is 13.2 Å². The molecule has 0 atom stereocenters. The molecular formula is C14H17NO5. The maximum atomic E-state index is 11.8. The summed E-state index contributed by atoms with van der Waals surface area (Å²) in [6.45, 7) is 3.18. The summed E-state index contributed by atoms with van der Waals surface area (Å²) in [5.41, 5.74) is 0.331. The van der Waals surface area contributed by atoms with Crippen molar-refractivity contribution in [3.8, 4) is 11.5 Å². The number of carbonyl (C=O) groups excluding carboxylic acids is 2. The molecule has 1 aromatic rings. The number of esters is 1. The molecule has 2 rings (SSSR count). The Bertz CT molecular complexity index is 500. The normalized spacial score (nSPS) is 12.7. The largest absolute Gasteiger partial charge is 0.486 e. The van der Waals surface area contributed by atoms with E-state index in [0.717, 1.165) is 6.42 Å². The molecule has 0 radical (unpaired) electrons. The van der Waals surface area contributed by atoms with E-state index in [4.69, 9.17) is 14.2 Å². The summed E-state index contributed by atoms with van der Waals surface area (Å²) in [6, 6.07) is 4.79. The van der Waals surface area contributed by atoms with Crippen LogP contribution in [0.5, 0.6) is 11.5 Å². The van der Waals surface area contributed by atoms with E-state index in [0.29, 0.717) is 36.8 Å². The molecule has 1 amide bonds. The number of carbonyl (C=O) groups is 2. The van der Waals surface area contributed by atoms with Gasteiger partial charge in [0.15, 0.2) is 18.1 Å². The highest BCUT2D eigenvalue weighted by Crippen LogP contribution is 2.30. The Morgan fingerprint density at radius 3 is 2.75 bits per heavy atom. The lowest BCUT2D eigenvalue weighted by atomic mass is 10.2. The minimum atomic E-state index is -0.561. The third kappa shape index (κ3) is 3.63. The lowest BCUT2D eigenvalue weighted by Gasteiger charge is -2.18. The predicted octanol–water partition coefficient (Wildman–Crippen LogP) is 1.14. The molecule has 6 heteroatoms. The van der Waals surface area contributed by atoms with Crippen molar-refractivity contribution in [3.05, 3.63) is 23.8 Å². The van der Waals surface area contributed by atoms with E-state index in [1.807, 2.05) is 6.92 Å². The molecule has 1 aliphatic rings. The molecule has 0 fully saturated rings. The van der Waals surface area contributed by atoms with Crippen molar-refractivity contribution >= 4 is 11.9 Å². The van der Waals surface area contributed by atoms with Gasteiger partial charge in [-0.05, 0) is 24.6 Å². The SMILES string of the molecule is CCCNC(=O)COC(=O)c1ccc2c(c1)OCCO2. The van der Waals surface area contributed by atoms with Crippen molar-refractivity contribution < 1.29 is 23.8 Å². The van der Waals surface area contributed by atoms with Gasteiger partial charge in [-0.1, -0.05) is 6.92 Å². The average Bonchev–Trinajstić information content (AvgIpc) is 2.50. The summed E-state index contributed by atoms with van der Waals surface area (Å²) in [6.07, 6.45) is 0.835. The van der Waals surface area contributed by atoms with E-state index in [1.54, 1.807) is 18.2 Å². The smallest absolute Gasteiger partial charge is 0.338 e. The van der Waals surface area contributed by atoms with Gasteiger partial charge in [-0.3, -0.25) is 4.79 Å². The zero-order valence-electron chi connectivity index (χ0n) is 11.3. The van der Waals surface area contributed by atoms with Gasteiger partial charge in [-0.25, -0.2) is 4.79 Å². The molecule has 1 heterocycles. The van der Waals surface area contributed by atoms with Gasteiger partial charge in [0.2, 0.25) is 0 Å². The van der Waals surface area contributed by atoms with Crippen molar-refractivity contribution in [3.63, 3.8) is 0 Å². The molecule has 6 nitrogen and oxygen atoms in total. The summed E-state index contributed by atoms with van der Waals surface area (Å²) < 4.78 is 15.7. The third-order valence-electron chi connectivity index (χ3n) is 2.68. The monoisotopic (exact) mass is 279 g/mol. The number of rotatable bonds is 5. The fourth-order valence-corrected chi connectivity index (χ4v) is 1.70. The Labute approximate surface area is 117 Å². The van der Waals surface area contributed by atoms with Crippen LogP contribution in [0.15, 0.2) is 18.2 Å². The van der Waals surface area contributed by atoms with Crippen LogP contribution in [0, 0.1) is 0 Å². The second-order valence-corrected chi connectivity index (χ2v) is 4.28. The number of fused-ring (bicyclic) bond motifs is 1. The lowest BCUT2D eigenvalue weighted by molar-refractivity contribution is -0.124. The topological polar surface area (TPSA) is 73.9 Å². The first kappa shape index (κ1) is 14.2. The fraction of sp³-hybridized carbons (Fsp3) is 0.429. The third-order valence-corrected chi connectivity index (χ3v) is 2.68. The molecule has 0 aliphatic carbocycles. The quantitative estimate of drug-likeness (QED) is 0.818. The Kier molecular flexibility index (Phi) is 4.81. The van der Waals surface area contributed by atoms with E-state index >= 15 is 0 Å². The number of nitrogens with one attached hydrogen (secondary N) is 1. The van der Waals surface area contributed by atoms with Gasteiger partial charge in [-0.2, -0.15) is 0 Å².